The zero-order valence-corrected chi connectivity index (χ0v) is 6.72. The fraction of sp³-hybridized carbons (Fsp3) is 0. The van der Waals surface area contributed by atoms with Gasteiger partial charge in [0.1, 0.15) is 0 Å². The third-order valence-electron chi connectivity index (χ3n) is 1.77. The van der Waals surface area contributed by atoms with Crippen LogP contribution in [0.5, 0.6) is 0 Å². The number of rotatable bonds is 1. The van der Waals surface area contributed by atoms with Crippen LogP contribution >= 0.6 is 0 Å². The Kier molecular flexibility index (Phi) is 1.95. The maximum absolute atomic E-state index is 2.08. The number of hydrogen-bond donors (Lipinski definition) is 0. The van der Waals surface area contributed by atoms with Crippen molar-refractivity contribution in [2.24, 2.45) is 0 Å². The Morgan fingerprint density at radius 3 is 2.33 bits per heavy atom. The van der Waals surface area contributed by atoms with Crippen LogP contribution < -0.4 is 4.90 Å². The fourth-order valence-corrected chi connectivity index (χ4v) is 1.17. The van der Waals surface area contributed by atoms with E-state index in [1.165, 1.54) is 5.69 Å². The number of benzene rings is 1. The lowest BCUT2D eigenvalue weighted by Gasteiger charge is -2.19. The largest absolute Gasteiger partial charge is 0.339 e. The molecular formula is C11H10N. The zero-order valence-electron chi connectivity index (χ0n) is 6.72. The van der Waals surface area contributed by atoms with Crippen molar-refractivity contribution in [1.82, 2.24) is 0 Å². The van der Waals surface area contributed by atoms with E-state index in [2.05, 4.69) is 17.0 Å². The van der Waals surface area contributed by atoms with E-state index in [4.69, 9.17) is 0 Å². The van der Waals surface area contributed by atoms with Crippen molar-refractivity contribution in [3.05, 3.63) is 61.3 Å². The van der Waals surface area contributed by atoms with Gasteiger partial charge in [-0.05, 0) is 18.2 Å². The summed E-state index contributed by atoms with van der Waals surface area (Å²) in [7, 11) is 0. The lowest BCUT2D eigenvalue weighted by atomic mass is 10.2. The summed E-state index contributed by atoms with van der Waals surface area (Å²) >= 11 is 0. The third-order valence-corrected chi connectivity index (χ3v) is 1.77. The van der Waals surface area contributed by atoms with E-state index in [9.17, 15) is 0 Å². The number of nitrogens with zero attached hydrogens (tertiary/aromatic N) is 1. The van der Waals surface area contributed by atoms with Crippen molar-refractivity contribution in [2.75, 3.05) is 4.90 Å². The van der Waals surface area contributed by atoms with Crippen LogP contribution in [-0.2, 0) is 0 Å². The fourth-order valence-electron chi connectivity index (χ4n) is 1.17. The first-order valence-electron chi connectivity index (χ1n) is 3.98. The first-order chi connectivity index (χ1) is 5.97. The van der Waals surface area contributed by atoms with Crippen LogP contribution in [0.4, 0.5) is 5.69 Å². The van der Waals surface area contributed by atoms with Crippen LogP contribution in [0, 0.1) is 6.54 Å². The van der Waals surface area contributed by atoms with Gasteiger partial charge >= 0.3 is 0 Å². The molecule has 0 bridgehead atoms. The Hall–Kier alpha value is -1.50. The molecule has 1 aromatic carbocycles. The highest BCUT2D eigenvalue weighted by Gasteiger charge is 2.00. The van der Waals surface area contributed by atoms with E-state index in [-0.39, 0.29) is 0 Å². The molecule has 12 heavy (non-hydrogen) atoms. The molecular weight excluding hydrogens is 146 g/mol. The van der Waals surface area contributed by atoms with Crippen molar-refractivity contribution < 1.29 is 0 Å². The Morgan fingerprint density at radius 2 is 1.67 bits per heavy atom. The van der Waals surface area contributed by atoms with Gasteiger partial charge in [0.25, 0.3) is 0 Å². The van der Waals surface area contributed by atoms with Gasteiger partial charge in [0, 0.05) is 11.9 Å². The van der Waals surface area contributed by atoms with E-state index in [1.54, 1.807) is 0 Å². The van der Waals surface area contributed by atoms with Gasteiger partial charge in [0.2, 0.25) is 0 Å². The topological polar surface area (TPSA) is 3.24 Å². The standard InChI is InChI=1S/C11H10N/c1-3-7-11(8-4-1)12-9-5-2-6-10-12/h1-10H. The van der Waals surface area contributed by atoms with Gasteiger partial charge in [0.15, 0.2) is 0 Å². The van der Waals surface area contributed by atoms with Crippen molar-refractivity contribution >= 4 is 5.69 Å². The molecule has 1 heteroatoms. The minimum absolute atomic E-state index is 1.19. The molecule has 0 N–H and O–H groups in total. The molecule has 0 aliphatic carbocycles. The van der Waals surface area contributed by atoms with E-state index >= 15 is 0 Å². The Bertz CT molecular complexity index is 298. The average molecular weight is 156 g/mol. The maximum atomic E-state index is 2.08. The molecule has 1 radical (unpaired) electrons. The molecule has 0 atom stereocenters. The van der Waals surface area contributed by atoms with Gasteiger partial charge in [-0.15, -0.1) is 0 Å². The summed E-state index contributed by atoms with van der Waals surface area (Å²) in [5.74, 6) is 0. The number of anilines is 1. The highest BCUT2D eigenvalue weighted by Crippen LogP contribution is 2.17. The first kappa shape index (κ1) is 7.17. The van der Waals surface area contributed by atoms with Gasteiger partial charge < -0.3 is 4.90 Å². The molecule has 1 aromatic rings. The normalized spacial score (nSPS) is 15.2. The lowest BCUT2D eigenvalue weighted by molar-refractivity contribution is 1.19. The molecule has 0 fully saturated rings. The van der Waals surface area contributed by atoms with Crippen LogP contribution in [0.1, 0.15) is 0 Å². The summed E-state index contributed by atoms with van der Waals surface area (Å²) in [5.41, 5.74) is 1.19. The first-order valence-corrected chi connectivity index (χ1v) is 3.98. The molecule has 59 valence electrons. The quantitative estimate of drug-likeness (QED) is 0.604. The van der Waals surface area contributed by atoms with E-state index < -0.39 is 0 Å². The Balaban J connectivity index is 2.21. The predicted octanol–water partition coefficient (Wildman–Crippen LogP) is 2.74. The van der Waals surface area contributed by atoms with Crippen LogP contribution in [0.15, 0.2) is 54.8 Å². The molecule has 1 aliphatic rings. The number of allylic oxidation sites excluding steroid dienone is 2. The molecule has 2 rings (SSSR count). The summed E-state index contributed by atoms with van der Waals surface area (Å²) in [5, 5.41) is 0. The van der Waals surface area contributed by atoms with E-state index in [0.29, 0.717) is 0 Å². The highest BCUT2D eigenvalue weighted by atomic mass is 15.1. The predicted molar refractivity (Wildman–Crippen MR) is 51.5 cm³/mol. The summed E-state index contributed by atoms with van der Waals surface area (Å²) in [4.78, 5) is 2.08. The average Bonchev–Trinajstić information content (AvgIpc) is 2.21. The van der Waals surface area contributed by atoms with Crippen molar-refractivity contribution in [3.63, 3.8) is 0 Å². The van der Waals surface area contributed by atoms with Crippen LogP contribution in [-0.4, -0.2) is 0 Å². The minimum atomic E-state index is 1.19. The van der Waals surface area contributed by atoms with Gasteiger partial charge in [-0.2, -0.15) is 0 Å². The molecule has 0 spiro atoms. The van der Waals surface area contributed by atoms with Crippen molar-refractivity contribution in [1.29, 1.82) is 0 Å². The molecule has 0 aromatic heterocycles. The maximum Gasteiger partial charge on any atom is 0.0762 e. The second-order valence-corrected chi connectivity index (χ2v) is 2.62. The molecule has 0 saturated carbocycles. The zero-order chi connectivity index (χ0) is 8.23. The van der Waals surface area contributed by atoms with Gasteiger partial charge in [0.05, 0.1) is 6.54 Å². The second-order valence-electron chi connectivity index (χ2n) is 2.62. The highest BCUT2D eigenvalue weighted by molar-refractivity contribution is 5.53. The third kappa shape index (κ3) is 1.40. The smallest absolute Gasteiger partial charge is 0.0762 e. The number of para-hydroxylation sites is 1. The summed E-state index contributed by atoms with van der Waals surface area (Å²) in [6, 6.07) is 10.3. The second kappa shape index (κ2) is 3.26. The Morgan fingerprint density at radius 1 is 0.833 bits per heavy atom. The van der Waals surface area contributed by atoms with Gasteiger partial charge in [-0.1, -0.05) is 30.4 Å². The van der Waals surface area contributed by atoms with Crippen LogP contribution in [0.25, 0.3) is 0 Å². The molecule has 0 amide bonds. The van der Waals surface area contributed by atoms with Crippen LogP contribution in [0.2, 0.25) is 0 Å². The van der Waals surface area contributed by atoms with Gasteiger partial charge in [-0.3, -0.25) is 0 Å². The van der Waals surface area contributed by atoms with Crippen molar-refractivity contribution in [2.45, 2.75) is 0 Å². The molecule has 0 saturated heterocycles. The van der Waals surface area contributed by atoms with E-state index in [1.807, 2.05) is 49.2 Å². The number of hydrogen-bond acceptors (Lipinski definition) is 1. The minimum Gasteiger partial charge on any atom is -0.339 e. The summed E-state index contributed by atoms with van der Waals surface area (Å²) < 4.78 is 0. The van der Waals surface area contributed by atoms with Crippen molar-refractivity contribution in [3.8, 4) is 0 Å². The summed E-state index contributed by atoms with van der Waals surface area (Å²) in [6.45, 7) is 2.04. The monoisotopic (exact) mass is 156 g/mol. The van der Waals surface area contributed by atoms with Gasteiger partial charge in [-0.25, -0.2) is 0 Å². The molecule has 0 unspecified atom stereocenters. The molecule has 1 aliphatic heterocycles. The Labute approximate surface area is 72.6 Å². The summed E-state index contributed by atoms with van der Waals surface area (Å²) in [6.07, 6.45) is 8.09. The van der Waals surface area contributed by atoms with E-state index in [0.717, 1.165) is 0 Å². The molecule has 1 heterocycles. The lowest BCUT2D eigenvalue weighted by Crippen LogP contribution is -2.11. The van der Waals surface area contributed by atoms with Crippen LogP contribution in [0.3, 0.4) is 0 Å². The molecule has 1 nitrogen and oxygen atoms in total. The SMILES string of the molecule is [CH]1C=CC=CN1c1ccccc1.